The van der Waals surface area contributed by atoms with Gasteiger partial charge in [-0.1, -0.05) is 0 Å². The summed E-state index contributed by atoms with van der Waals surface area (Å²) in [7, 11) is 0. The van der Waals surface area contributed by atoms with Crippen LogP contribution in [0.1, 0.15) is 32.6 Å². The molecule has 0 aromatic carbocycles. The number of amides is 1. The summed E-state index contributed by atoms with van der Waals surface area (Å²) in [4.78, 5) is 14.0. The molecule has 0 spiro atoms. The molecule has 16 heavy (non-hydrogen) atoms. The molecule has 2 aliphatic rings. The molecule has 2 atom stereocenters. The lowest BCUT2D eigenvalue weighted by Gasteiger charge is -2.32. The topological polar surface area (TPSA) is 49.8 Å². The van der Waals surface area contributed by atoms with Crippen LogP contribution in [0.3, 0.4) is 0 Å². The molecule has 0 aromatic rings. The van der Waals surface area contributed by atoms with Gasteiger partial charge in [-0.25, -0.2) is 0 Å². The smallest absolute Gasteiger partial charge is 0.251 e. The Bertz CT molecular complexity index is 249. The number of rotatable bonds is 2. The van der Waals surface area contributed by atoms with Gasteiger partial charge in [0.05, 0.1) is 6.10 Å². The fraction of sp³-hybridized carbons (Fsp3) is 0.917. The lowest BCUT2D eigenvalue weighted by atomic mass is 9.97. The highest BCUT2D eigenvalue weighted by Crippen LogP contribution is 2.23. The first-order chi connectivity index (χ1) is 7.70. The Hall–Kier alpha value is -0.610. The van der Waals surface area contributed by atoms with E-state index < -0.39 is 0 Å². The van der Waals surface area contributed by atoms with E-state index in [1.807, 2.05) is 11.8 Å². The first kappa shape index (κ1) is 11.9. The highest BCUT2D eigenvalue weighted by molar-refractivity contribution is 5.81. The van der Waals surface area contributed by atoms with Crippen molar-refractivity contribution >= 4 is 5.91 Å². The van der Waals surface area contributed by atoms with E-state index in [4.69, 9.17) is 9.84 Å². The Morgan fingerprint density at radius 1 is 1.31 bits per heavy atom. The standard InChI is InChI=1S/C12H21NO3/c1-9-2-3-11(16-9)12(15)13-6-4-10(8-14)5-7-13/h9-11,14H,2-8H2,1H3. The molecule has 2 rings (SSSR count). The summed E-state index contributed by atoms with van der Waals surface area (Å²) in [5.41, 5.74) is 0. The van der Waals surface area contributed by atoms with Gasteiger partial charge in [-0.2, -0.15) is 0 Å². The molecular weight excluding hydrogens is 206 g/mol. The Labute approximate surface area is 96.6 Å². The van der Waals surface area contributed by atoms with Crippen LogP contribution >= 0.6 is 0 Å². The Morgan fingerprint density at radius 3 is 2.50 bits per heavy atom. The van der Waals surface area contributed by atoms with E-state index in [-0.39, 0.29) is 24.7 Å². The first-order valence-corrected chi connectivity index (χ1v) is 6.26. The van der Waals surface area contributed by atoms with Crippen LogP contribution in [0.15, 0.2) is 0 Å². The van der Waals surface area contributed by atoms with Gasteiger partial charge in [0, 0.05) is 19.7 Å². The van der Waals surface area contributed by atoms with Crippen molar-refractivity contribution < 1.29 is 14.6 Å². The molecule has 1 N–H and O–H groups in total. The molecule has 4 nitrogen and oxygen atoms in total. The Balaban J connectivity index is 1.82. The van der Waals surface area contributed by atoms with Gasteiger partial charge in [0.1, 0.15) is 6.10 Å². The van der Waals surface area contributed by atoms with Gasteiger partial charge in [0.15, 0.2) is 0 Å². The lowest BCUT2D eigenvalue weighted by Crippen LogP contribution is -2.44. The summed E-state index contributed by atoms with van der Waals surface area (Å²) in [6.07, 6.45) is 3.71. The minimum atomic E-state index is -0.208. The first-order valence-electron chi connectivity index (χ1n) is 6.26. The number of aliphatic hydroxyl groups is 1. The van der Waals surface area contributed by atoms with E-state index in [0.29, 0.717) is 5.92 Å². The van der Waals surface area contributed by atoms with E-state index in [9.17, 15) is 4.79 Å². The SMILES string of the molecule is CC1CCC(C(=O)N2CCC(CO)CC2)O1. The molecule has 4 heteroatoms. The number of piperidine rings is 1. The van der Waals surface area contributed by atoms with Crippen LogP contribution in [0.25, 0.3) is 0 Å². The molecule has 0 bridgehead atoms. The average Bonchev–Trinajstić information content (AvgIpc) is 2.75. The number of hydrogen-bond acceptors (Lipinski definition) is 3. The van der Waals surface area contributed by atoms with Gasteiger partial charge in [0.2, 0.25) is 0 Å². The predicted octanol–water partition coefficient (Wildman–Crippen LogP) is 0.785. The molecule has 1 amide bonds. The van der Waals surface area contributed by atoms with Crippen LogP contribution in [-0.4, -0.2) is 47.8 Å². The molecule has 2 unspecified atom stereocenters. The molecular formula is C12H21NO3. The number of ether oxygens (including phenoxy) is 1. The second-order valence-corrected chi connectivity index (χ2v) is 4.96. The fourth-order valence-corrected chi connectivity index (χ4v) is 2.52. The van der Waals surface area contributed by atoms with Gasteiger partial charge in [-0.3, -0.25) is 4.79 Å². The van der Waals surface area contributed by atoms with Crippen molar-refractivity contribution in [2.45, 2.75) is 44.8 Å². The molecule has 0 aliphatic carbocycles. The van der Waals surface area contributed by atoms with E-state index in [0.717, 1.165) is 38.8 Å². The highest BCUT2D eigenvalue weighted by Gasteiger charge is 2.33. The van der Waals surface area contributed by atoms with Gasteiger partial charge in [-0.15, -0.1) is 0 Å². The second kappa shape index (κ2) is 5.15. The highest BCUT2D eigenvalue weighted by atomic mass is 16.5. The number of carbonyl (C=O) groups is 1. The number of likely N-dealkylation sites (tertiary alicyclic amines) is 1. The van der Waals surface area contributed by atoms with Crippen LogP contribution in [0.5, 0.6) is 0 Å². The normalized spacial score (nSPS) is 32.0. The third kappa shape index (κ3) is 2.55. The van der Waals surface area contributed by atoms with Crippen molar-refractivity contribution in [3.05, 3.63) is 0 Å². The van der Waals surface area contributed by atoms with E-state index in [1.54, 1.807) is 0 Å². The summed E-state index contributed by atoms with van der Waals surface area (Å²) >= 11 is 0. The number of aliphatic hydroxyl groups excluding tert-OH is 1. The van der Waals surface area contributed by atoms with Gasteiger partial charge >= 0.3 is 0 Å². The maximum absolute atomic E-state index is 12.1. The van der Waals surface area contributed by atoms with E-state index in [1.165, 1.54) is 0 Å². The quantitative estimate of drug-likeness (QED) is 0.758. The monoisotopic (exact) mass is 227 g/mol. The van der Waals surface area contributed by atoms with Crippen molar-refractivity contribution in [3.8, 4) is 0 Å². The summed E-state index contributed by atoms with van der Waals surface area (Å²) in [6.45, 7) is 3.82. The molecule has 92 valence electrons. The molecule has 2 aliphatic heterocycles. The van der Waals surface area contributed by atoms with E-state index >= 15 is 0 Å². The second-order valence-electron chi connectivity index (χ2n) is 4.96. The maximum Gasteiger partial charge on any atom is 0.251 e. The zero-order chi connectivity index (χ0) is 11.5. The third-order valence-corrected chi connectivity index (χ3v) is 3.69. The van der Waals surface area contributed by atoms with Crippen LogP contribution in [0.2, 0.25) is 0 Å². The summed E-state index contributed by atoms with van der Waals surface area (Å²) in [6, 6.07) is 0. The lowest BCUT2D eigenvalue weighted by molar-refractivity contribution is -0.144. The molecule has 0 saturated carbocycles. The fourth-order valence-electron chi connectivity index (χ4n) is 2.52. The maximum atomic E-state index is 12.1. The van der Waals surface area contributed by atoms with Crippen LogP contribution < -0.4 is 0 Å². The predicted molar refractivity (Wildman–Crippen MR) is 60.0 cm³/mol. The zero-order valence-corrected chi connectivity index (χ0v) is 9.89. The molecule has 0 aromatic heterocycles. The van der Waals surface area contributed by atoms with Crippen molar-refractivity contribution in [3.63, 3.8) is 0 Å². The Morgan fingerprint density at radius 2 is 2.00 bits per heavy atom. The average molecular weight is 227 g/mol. The minimum absolute atomic E-state index is 0.153. The largest absolute Gasteiger partial charge is 0.396 e. The number of hydrogen-bond donors (Lipinski definition) is 1. The zero-order valence-electron chi connectivity index (χ0n) is 9.89. The van der Waals surface area contributed by atoms with Crippen LogP contribution in [0, 0.1) is 5.92 Å². The van der Waals surface area contributed by atoms with Crippen LogP contribution in [0.4, 0.5) is 0 Å². The molecule has 2 saturated heterocycles. The van der Waals surface area contributed by atoms with Gasteiger partial charge < -0.3 is 14.7 Å². The summed E-state index contributed by atoms with van der Waals surface area (Å²) < 4.78 is 5.59. The van der Waals surface area contributed by atoms with Crippen molar-refractivity contribution in [2.24, 2.45) is 5.92 Å². The summed E-state index contributed by atoms with van der Waals surface area (Å²) in [5, 5.41) is 9.03. The van der Waals surface area contributed by atoms with Crippen molar-refractivity contribution in [1.82, 2.24) is 4.90 Å². The van der Waals surface area contributed by atoms with E-state index in [2.05, 4.69) is 0 Å². The third-order valence-electron chi connectivity index (χ3n) is 3.69. The van der Waals surface area contributed by atoms with Gasteiger partial charge in [0.25, 0.3) is 5.91 Å². The minimum Gasteiger partial charge on any atom is -0.396 e. The molecule has 0 radical (unpaired) electrons. The number of carbonyl (C=O) groups excluding carboxylic acids is 1. The van der Waals surface area contributed by atoms with Crippen molar-refractivity contribution in [1.29, 1.82) is 0 Å². The number of nitrogens with zero attached hydrogens (tertiary/aromatic N) is 1. The Kier molecular flexibility index (Phi) is 3.82. The summed E-state index contributed by atoms with van der Waals surface area (Å²) in [5.74, 6) is 0.535. The molecule has 2 heterocycles. The van der Waals surface area contributed by atoms with Crippen LogP contribution in [-0.2, 0) is 9.53 Å². The van der Waals surface area contributed by atoms with Gasteiger partial charge in [-0.05, 0) is 38.5 Å². The molecule has 2 fully saturated rings. The van der Waals surface area contributed by atoms with Crippen molar-refractivity contribution in [2.75, 3.05) is 19.7 Å².